The van der Waals surface area contributed by atoms with E-state index in [-0.39, 0.29) is 0 Å². The average Bonchev–Trinajstić information content (AvgIpc) is 2.91. The number of aromatic nitrogens is 3. The van der Waals surface area contributed by atoms with Crippen LogP contribution in [0.25, 0.3) is 0 Å². The quantitative estimate of drug-likeness (QED) is 0.906. The van der Waals surface area contributed by atoms with E-state index < -0.39 is 0 Å². The maximum Gasteiger partial charge on any atom is 0.129 e. The van der Waals surface area contributed by atoms with Gasteiger partial charge in [-0.05, 0) is 25.6 Å². The first-order valence-electron chi connectivity index (χ1n) is 5.61. The highest BCUT2D eigenvalue weighted by atomic mass is 35.5. The first kappa shape index (κ1) is 12.2. The first-order valence-corrected chi connectivity index (χ1v) is 5.98. The summed E-state index contributed by atoms with van der Waals surface area (Å²) >= 11 is 5.95. The van der Waals surface area contributed by atoms with Gasteiger partial charge < -0.3 is 14.5 Å². The zero-order chi connectivity index (χ0) is 12.4. The highest BCUT2D eigenvalue weighted by Gasteiger charge is 2.07. The molecule has 4 nitrogen and oxygen atoms in total. The fourth-order valence-electron chi connectivity index (χ4n) is 1.71. The van der Waals surface area contributed by atoms with Gasteiger partial charge in [-0.3, -0.25) is 0 Å². The van der Waals surface area contributed by atoms with Gasteiger partial charge in [-0.15, -0.1) is 0 Å². The lowest BCUT2D eigenvalue weighted by molar-refractivity contribution is 0.645. The van der Waals surface area contributed by atoms with Gasteiger partial charge >= 0.3 is 0 Å². The van der Waals surface area contributed by atoms with Gasteiger partial charge in [-0.1, -0.05) is 11.6 Å². The average molecular weight is 253 g/mol. The van der Waals surface area contributed by atoms with E-state index >= 15 is 0 Å². The predicted octanol–water partition coefficient (Wildman–Crippen LogP) is 2.20. The van der Waals surface area contributed by atoms with Gasteiger partial charge in [0.25, 0.3) is 0 Å². The second-order valence-corrected chi connectivity index (χ2v) is 4.57. The van der Waals surface area contributed by atoms with Gasteiger partial charge in [0.05, 0.1) is 12.7 Å². The van der Waals surface area contributed by atoms with Crippen LogP contribution in [-0.4, -0.2) is 21.2 Å². The van der Waals surface area contributed by atoms with E-state index in [9.17, 15) is 0 Å². The van der Waals surface area contributed by atoms with Crippen molar-refractivity contribution in [3.8, 4) is 0 Å². The highest BCUT2D eigenvalue weighted by Crippen LogP contribution is 2.14. The Kier molecular flexibility index (Phi) is 3.54. The van der Waals surface area contributed by atoms with Crippen LogP contribution < -0.4 is 5.32 Å². The van der Waals surface area contributed by atoms with E-state index in [4.69, 9.17) is 11.6 Å². The molecule has 0 saturated carbocycles. The molecular weight excluding hydrogens is 236 g/mol. The Labute approximate surface area is 106 Å². The summed E-state index contributed by atoms with van der Waals surface area (Å²) in [6.07, 6.45) is 5.87. The van der Waals surface area contributed by atoms with Gasteiger partial charge in [-0.25, -0.2) is 4.98 Å². The Balaban J connectivity index is 2.14. The van der Waals surface area contributed by atoms with Crippen molar-refractivity contribution in [2.24, 2.45) is 7.05 Å². The molecule has 2 rings (SSSR count). The number of imidazole rings is 1. The largest absolute Gasteiger partial charge is 0.346 e. The zero-order valence-corrected chi connectivity index (χ0v) is 11.1. The maximum atomic E-state index is 5.95. The molecule has 0 spiro atoms. The fraction of sp³-hybridized carbons (Fsp3) is 0.417. The Bertz CT molecular complexity index is 500. The monoisotopic (exact) mass is 252 g/mol. The summed E-state index contributed by atoms with van der Waals surface area (Å²) in [7, 11) is 3.88. The van der Waals surface area contributed by atoms with E-state index in [1.807, 2.05) is 18.7 Å². The zero-order valence-electron chi connectivity index (χ0n) is 10.3. The van der Waals surface area contributed by atoms with Crippen LogP contribution in [0.2, 0.25) is 5.15 Å². The van der Waals surface area contributed by atoms with E-state index in [0.717, 1.165) is 12.4 Å². The van der Waals surface area contributed by atoms with Crippen LogP contribution >= 0.6 is 11.6 Å². The first-order chi connectivity index (χ1) is 8.11. The molecule has 0 aliphatic heterocycles. The second kappa shape index (κ2) is 4.94. The minimum absolute atomic E-state index is 0.362. The van der Waals surface area contributed by atoms with Crippen LogP contribution in [0.1, 0.15) is 24.4 Å². The number of hydrogen-bond donors (Lipinski definition) is 1. The summed E-state index contributed by atoms with van der Waals surface area (Å²) in [6, 6.07) is 2.48. The van der Waals surface area contributed by atoms with Gasteiger partial charge in [0, 0.05) is 25.5 Å². The molecule has 0 fully saturated rings. The summed E-state index contributed by atoms with van der Waals surface area (Å²) < 4.78 is 4.00. The lowest BCUT2D eigenvalue weighted by atomic mass is 10.2. The van der Waals surface area contributed by atoms with Gasteiger partial charge in [0.1, 0.15) is 11.0 Å². The summed E-state index contributed by atoms with van der Waals surface area (Å²) in [5.74, 6) is 0.953. The van der Waals surface area contributed by atoms with Crippen molar-refractivity contribution < 1.29 is 0 Å². The molecule has 1 atom stereocenters. The van der Waals surface area contributed by atoms with Crippen molar-refractivity contribution in [2.45, 2.75) is 19.5 Å². The van der Waals surface area contributed by atoms with E-state index in [0.29, 0.717) is 11.2 Å². The Morgan fingerprint density at radius 1 is 1.53 bits per heavy atom. The van der Waals surface area contributed by atoms with Crippen LogP contribution in [-0.2, 0) is 13.6 Å². The standard InChI is InChI=1S/C12H17ClN4/c1-9(14-2)10-4-5-17(7-10)8-12-15-6-11(13)16(12)3/h4-7,9,14H,8H2,1-3H3. The van der Waals surface area contributed by atoms with Gasteiger partial charge in [0.15, 0.2) is 0 Å². The smallest absolute Gasteiger partial charge is 0.129 e. The molecule has 2 heterocycles. The molecule has 0 saturated heterocycles. The molecule has 0 aliphatic carbocycles. The third-order valence-electron chi connectivity index (χ3n) is 3.06. The molecule has 0 radical (unpaired) electrons. The summed E-state index contributed by atoms with van der Waals surface area (Å²) in [5.41, 5.74) is 1.27. The molecule has 2 aromatic rings. The van der Waals surface area contributed by atoms with Crippen molar-refractivity contribution >= 4 is 11.6 Å². The topological polar surface area (TPSA) is 34.8 Å². The molecule has 1 N–H and O–H groups in total. The SMILES string of the molecule is CNC(C)c1ccn(Cc2ncc(Cl)n2C)c1. The molecule has 1 unspecified atom stereocenters. The number of nitrogens with zero attached hydrogens (tertiary/aromatic N) is 3. The second-order valence-electron chi connectivity index (χ2n) is 4.18. The number of hydrogen-bond acceptors (Lipinski definition) is 2. The number of rotatable bonds is 4. The summed E-state index contributed by atoms with van der Waals surface area (Å²) in [5, 5.41) is 3.88. The van der Waals surface area contributed by atoms with Crippen LogP contribution in [0.3, 0.4) is 0 Å². The molecular formula is C12H17ClN4. The lowest BCUT2D eigenvalue weighted by Crippen LogP contribution is -2.11. The molecule has 5 heteroatoms. The van der Waals surface area contributed by atoms with Crippen molar-refractivity contribution in [3.63, 3.8) is 0 Å². The minimum Gasteiger partial charge on any atom is -0.346 e. The van der Waals surface area contributed by atoms with Crippen molar-refractivity contribution in [2.75, 3.05) is 7.05 Å². The lowest BCUT2D eigenvalue weighted by Gasteiger charge is -2.07. The molecule has 0 aromatic carbocycles. The third kappa shape index (κ3) is 2.53. The molecule has 2 aromatic heterocycles. The number of nitrogens with one attached hydrogen (secondary N) is 1. The van der Waals surface area contributed by atoms with Crippen LogP contribution in [0, 0.1) is 0 Å². The molecule has 17 heavy (non-hydrogen) atoms. The van der Waals surface area contributed by atoms with Crippen molar-refractivity contribution in [1.29, 1.82) is 0 Å². The normalized spacial score (nSPS) is 12.9. The highest BCUT2D eigenvalue weighted by molar-refractivity contribution is 6.29. The fourth-order valence-corrected chi connectivity index (χ4v) is 1.86. The van der Waals surface area contributed by atoms with E-state index in [2.05, 4.69) is 40.3 Å². The molecule has 0 amide bonds. The van der Waals surface area contributed by atoms with Crippen LogP contribution in [0.15, 0.2) is 24.7 Å². The summed E-state index contributed by atoms with van der Waals surface area (Å²) in [6.45, 7) is 2.87. The third-order valence-corrected chi connectivity index (χ3v) is 3.41. The minimum atomic E-state index is 0.362. The van der Waals surface area contributed by atoms with Crippen LogP contribution in [0.5, 0.6) is 0 Å². The molecule has 0 bridgehead atoms. The molecule has 0 aliphatic rings. The number of halogens is 1. The molecule has 92 valence electrons. The Morgan fingerprint density at radius 2 is 2.29 bits per heavy atom. The maximum absolute atomic E-state index is 5.95. The van der Waals surface area contributed by atoms with Crippen molar-refractivity contribution in [3.05, 3.63) is 41.2 Å². The van der Waals surface area contributed by atoms with Crippen LogP contribution in [0.4, 0.5) is 0 Å². The Hall–Kier alpha value is -1.26. The van der Waals surface area contributed by atoms with Gasteiger partial charge in [0.2, 0.25) is 0 Å². The van der Waals surface area contributed by atoms with E-state index in [1.165, 1.54) is 5.56 Å². The summed E-state index contributed by atoms with van der Waals surface area (Å²) in [4.78, 5) is 4.28. The van der Waals surface area contributed by atoms with Gasteiger partial charge in [-0.2, -0.15) is 0 Å². The van der Waals surface area contributed by atoms with E-state index in [1.54, 1.807) is 6.20 Å². The predicted molar refractivity (Wildman–Crippen MR) is 69.2 cm³/mol. The Morgan fingerprint density at radius 3 is 2.88 bits per heavy atom. The van der Waals surface area contributed by atoms with Crippen molar-refractivity contribution in [1.82, 2.24) is 19.4 Å².